The molecule has 0 radical (unpaired) electrons. The molecule has 0 bridgehead atoms. The first-order valence-corrected chi connectivity index (χ1v) is 10.0. The molecule has 4 aliphatic rings. The van der Waals surface area contributed by atoms with Gasteiger partial charge < -0.3 is 5.11 Å². The quantitative estimate of drug-likeness (QED) is 0.767. The highest BCUT2D eigenvalue weighted by molar-refractivity contribution is 5.79. The van der Waals surface area contributed by atoms with E-state index in [4.69, 9.17) is 0 Å². The normalized spacial score (nSPS) is 55.7. The second-order valence-corrected chi connectivity index (χ2v) is 9.87. The molecule has 0 aliphatic heterocycles. The molecule has 130 valence electrons. The predicted octanol–water partition coefficient (Wildman–Crippen LogP) is 4.60. The number of Topliss-reactive ketones (excluding diaryl/α,β-unsaturated/α-hetero) is 1. The van der Waals surface area contributed by atoms with E-state index >= 15 is 0 Å². The topological polar surface area (TPSA) is 37.3 Å². The smallest absolute Gasteiger partial charge is 0.133 e. The summed E-state index contributed by atoms with van der Waals surface area (Å²) in [6.45, 7) is 6.80. The first kappa shape index (κ1) is 16.1. The zero-order chi connectivity index (χ0) is 16.4. The van der Waals surface area contributed by atoms with E-state index < -0.39 is 0 Å². The van der Waals surface area contributed by atoms with Crippen LogP contribution in [0.15, 0.2) is 0 Å². The van der Waals surface area contributed by atoms with Gasteiger partial charge in [0, 0.05) is 5.92 Å². The van der Waals surface area contributed by atoms with Crippen LogP contribution >= 0.6 is 0 Å². The lowest BCUT2D eigenvalue weighted by atomic mass is 9.44. The van der Waals surface area contributed by atoms with Gasteiger partial charge in [-0.2, -0.15) is 0 Å². The number of aliphatic hydroxyl groups is 1. The first-order valence-electron chi connectivity index (χ1n) is 10.0. The molecule has 0 saturated heterocycles. The predicted molar refractivity (Wildman–Crippen MR) is 91.9 cm³/mol. The van der Waals surface area contributed by atoms with E-state index in [1.807, 2.05) is 6.92 Å². The molecule has 0 aromatic carbocycles. The number of carbonyl (C=O) groups excluding carboxylic acids is 1. The molecule has 4 aliphatic carbocycles. The van der Waals surface area contributed by atoms with Gasteiger partial charge in [-0.15, -0.1) is 0 Å². The van der Waals surface area contributed by atoms with Crippen molar-refractivity contribution < 1.29 is 9.90 Å². The molecule has 0 amide bonds. The third-order valence-corrected chi connectivity index (χ3v) is 9.13. The van der Waals surface area contributed by atoms with Crippen LogP contribution in [0.1, 0.15) is 78.6 Å². The average Bonchev–Trinajstić information content (AvgIpc) is 2.85. The third kappa shape index (κ3) is 2.19. The van der Waals surface area contributed by atoms with Gasteiger partial charge in [0.25, 0.3) is 0 Å². The van der Waals surface area contributed by atoms with E-state index in [-0.39, 0.29) is 11.5 Å². The number of hydrogen-bond acceptors (Lipinski definition) is 2. The summed E-state index contributed by atoms with van der Waals surface area (Å²) in [7, 11) is 0. The molecule has 0 spiro atoms. The lowest BCUT2D eigenvalue weighted by Gasteiger charge is -2.60. The maximum absolute atomic E-state index is 12.2. The molecule has 0 aromatic heterocycles. The van der Waals surface area contributed by atoms with Crippen molar-refractivity contribution in [1.82, 2.24) is 0 Å². The highest BCUT2D eigenvalue weighted by Crippen LogP contribution is 2.67. The Balaban J connectivity index is 1.61. The van der Waals surface area contributed by atoms with Crippen LogP contribution in [-0.4, -0.2) is 17.0 Å². The largest absolute Gasteiger partial charge is 0.393 e. The Kier molecular flexibility index (Phi) is 3.72. The van der Waals surface area contributed by atoms with Crippen LogP contribution in [0.2, 0.25) is 0 Å². The zero-order valence-corrected chi connectivity index (χ0v) is 15.2. The zero-order valence-electron chi connectivity index (χ0n) is 15.2. The Morgan fingerprint density at radius 2 is 1.61 bits per heavy atom. The van der Waals surface area contributed by atoms with Gasteiger partial charge >= 0.3 is 0 Å². The van der Waals surface area contributed by atoms with Crippen molar-refractivity contribution in [3.8, 4) is 0 Å². The molecule has 4 rings (SSSR count). The molecule has 4 fully saturated rings. The molecule has 4 saturated carbocycles. The summed E-state index contributed by atoms with van der Waals surface area (Å²) in [5, 5.41) is 10.1. The minimum atomic E-state index is -0.0490. The molecule has 0 aromatic rings. The van der Waals surface area contributed by atoms with E-state index in [1.165, 1.54) is 38.5 Å². The maximum atomic E-state index is 12.2. The molecule has 2 nitrogen and oxygen atoms in total. The number of rotatable bonds is 1. The average molecular weight is 319 g/mol. The fraction of sp³-hybridized carbons (Fsp3) is 0.952. The number of aliphatic hydroxyl groups excluding tert-OH is 1. The summed E-state index contributed by atoms with van der Waals surface area (Å²) in [5.74, 6) is 3.97. The molecule has 0 unspecified atom stereocenters. The maximum Gasteiger partial charge on any atom is 0.133 e. The molecule has 2 heteroatoms. The highest BCUT2D eigenvalue weighted by atomic mass is 16.3. The number of fused-ring (bicyclic) bond motifs is 5. The van der Waals surface area contributed by atoms with Gasteiger partial charge in [0.05, 0.1) is 6.10 Å². The number of ketones is 1. The SMILES string of the molecule is CC(=O)[C@@H]1CC[C@@H]2[C@@H]3CC[C@H]4C[C@H](O)CC[C@]4(C)[C@@H]3CC[C@]21C. The molecule has 23 heavy (non-hydrogen) atoms. The lowest BCUT2D eigenvalue weighted by molar-refractivity contribution is -0.138. The molecular formula is C21H34O2. The molecule has 8 atom stereocenters. The van der Waals surface area contributed by atoms with Crippen molar-refractivity contribution in [1.29, 1.82) is 0 Å². The van der Waals surface area contributed by atoms with Crippen LogP contribution in [0.5, 0.6) is 0 Å². The van der Waals surface area contributed by atoms with Crippen molar-refractivity contribution in [2.75, 3.05) is 0 Å². The van der Waals surface area contributed by atoms with Gasteiger partial charge in [0.2, 0.25) is 0 Å². The molecular weight excluding hydrogens is 284 g/mol. The second kappa shape index (κ2) is 5.31. The second-order valence-electron chi connectivity index (χ2n) is 9.87. The van der Waals surface area contributed by atoms with Gasteiger partial charge in [-0.25, -0.2) is 0 Å². The summed E-state index contributed by atoms with van der Waals surface area (Å²) in [5.41, 5.74) is 0.738. The minimum Gasteiger partial charge on any atom is -0.393 e. The Morgan fingerprint density at radius 1 is 0.913 bits per heavy atom. The summed E-state index contributed by atoms with van der Waals surface area (Å²) < 4.78 is 0. The summed E-state index contributed by atoms with van der Waals surface area (Å²) in [4.78, 5) is 12.2. The number of hydrogen-bond donors (Lipinski definition) is 1. The monoisotopic (exact) mass is 318 g/mol. The van der Waals surface area contributed by atoms with Crippen LogP contribution in [0, 0.1) is 40.4 Å². The van der Waals surface area contributed by atoms with Crippen LogP contribution in [0.25, 0.3) is 0 Å². The van der Waals surface area contributed by atoms with Gasteiger partial charge in [-0.3, -0.25) is 4.79 Å². The van der Waals surface area contributed by atoms with E-state index in [0.29, 0.717) is 17.1 Å². The molecule has 0 heterocycles. The minimum absolute atomic E-state index is 0.0490. The van der Waals surface area contributed by atoms with Crippen molar-refractivity contribution >= 4 is 5.78 Å². The summed E-state index contributed by atoms with van der Waals surface area (Å²) in [6.07, 6.45) is 10.9. The Labute approximate surface area is 141 Å². The van der Waals surface area contributed by atoms with E-state index in [2.05, 4.69) is 13.8 Å². The van der Waals surface area contributed by atoms with Gasteiger partial charge in [0.15, 0.2) is 0 Å². The Hall–Kier alpha value is -0.370. The fourth-order valence-electron chi connectivity index (χ4n) is 7.90. The Morgan fingerprint density at radius 3 is 2.35 bits per heavy atom. The van der Waals surface area contributed by atoms with Crippen LogP contribution in [0.4, 0.5) is 0 Å². The Bertz CT molecular complexity index is 500. The van der Waals surface area contributed by atoms with Crippen LogP contribution in [0.3, 0.4) is 0 Å². The standard InChI is InChI=1S/C21H34O2/c1-13(22)17-6-7-18-16-5-4-14-12-15(23)8-10-20(14,2)19(16)9-11-21(17,18)3/h14-19,23H,4-12H2,1-3H3/t14-,15+,16-,17-,18+,19+,20-,21-/m0/s1. The van der Waals surface area contributed by atoms with E-state index in [0.717, 1.165) is 42.9 Å². The van der Waals surface area contributed by atoms with Gasteiger partial charge in [-0.1, -0.05) is 13.8 Å². The van der Waals surface area contributed by atoms with Crippen molar-refractivity contribution in [2.24, 2.45) is 40.4 Å². The van der Waals surface area contributed by atoms with Crippen molar-refractivity contribution in [3.05, 3.63) is 0 Å². The summed E-state index contributed by atoms with van der Waals surface area (Å²) >= 11 is 0. The number of carbonyl (C=O) groups is 1. The van der Waals surface area contributed by atoms with Gasteiger partial charge in [-0.05, 0) is 99.2 Å². The van der Waals surface area contributed by atoms with E-state index in [9.17, 15) is 9.90 Å². The van der Waals surface area contributed by atoms with Crippen LogP contribution < -0.4 is 0 Å². The van der Waals surface area contributed by atoms with Gasteiger partial charge in [0.1, 0.15) is 5.78 Å². The molecule has 1 N–H and O–H groups in total. The van der Waals surface area contributed by atoms with Crippen molar-refractivity contribution in [3.63, 3.8) is 0 Å². The highest BCUT2D eigenvalue weighted by Gasteiger charge is 2.60. The first-order chi connectivity index (χ1) is 10.9. The fourth-order valence-corrected chi connectivity index (χ4v) is 7.90. The van der Waals surface area contributed by atoms with E-state index in [1.54, 1.807) is 0 Å². The summed E-state index contributed by atoms with van der Waals surface area (Å²) in [6, 6.07) is 0. The van der Waals surface area contributed by atoms with Crippen LogP contribution in [-0.2, 0) is 4.79 Å². The lowest BCUT2D eigenvalue weighted by Crippen LogP contribution is -2.54. The van der Waals surface area contributed by atoms with Crippen molar-refractivity contribution in [2.45, 2.75) is 84.7 Å². The third-order valence-electron chi connectivity index (χ3n) is 9.13.